The largest absolute Gasteiger partial charge is 0.346 e. The predicted molar refractivity (Wildman–Crippen MR) is 86.5 cm³/mol. The first-order chi connectivity index (χ1) is 11.1. The lowest BCUT2D eigenvalue weighted by Gasteiger charge is -2.14. The van der Waals surface area contributed by atoms with Gasteiger partial charge in [-0.3, -0.25) is 4.79 Å². The minimum atomic E-state index is -0.00266. The molecule has 0 aromatic carbocycles. The number of aryl methyl sites for hydroxylation is 2. The van der Waals surface area contributed by atoms with Crippen LogP contribution in [0.5, 0.6) is 0 Å². The van der Waals surface area contributed by atoms with Crippen molar-refractivity contribution in [3.8, 4) is 0 Å². The second kappa shape index (κ2) is 5.22. The molecule has 4 heterocycles. The summed E-state index contributed by atoms with van der Waals surface area (Å²) in [5.74, 6) is 1.26. The van der Waals surface area contributed by atoms with E-state index in [9.17, 15) is 4.79 Å². The van der Waals surface area contributed by atoms with Crippen LogP contribution in [-0.4, -0.2) is 43.2 Å². The molecule has 0 aliphatic carbocycles. The van der Waals surface area contributed by atoms with Crippen molar-refractivity contribution in [2.75, 3.05) is 13.1 Å². The highest BCUT2D eigenvalue weighted by Crippen LogP contribution is 2.26. The molecule has 1 atom stereocenters. The lowest BCUT2D eigenvalue weighted by Crippen LogP contribution is -2.28. The maximum absolute atomic E-state index is 12.7. The Labute approximate surface area is 134 Å². The highest BCUT2D eigenvalue weighted by atomic mass is 16.2. The normalized spacial score (nSPS) is 18.0. The summed E-state index contributed by atoms with van der Waals surface area (Å²) in [6.45, 7) is 5.46. The molecule has 4 rings (SSSR count). The third-order valence-electron chi connectivity index (χ3n) is 4.40. The van der Waals surface area contributed by atoms with Gasteiger partial charge in [0.05, 0.1) is 0 Å². The maximum Gasteiger partial charge on any atom is 0.274 e. The van der Waals surface area contributed by atoms with Gasteiger partial charge in [-0.2, -0.15) is 0 Å². The standard InChI is InChI=1S/C17H19N5O/c1-11-3-4-15-20-14(10-22(15)8-11)17(23)21-6-5-13(9-21)16-18-7-12(2)19-16/h3-4,7-8,10,13H,5-6,9H2,1-2H3,(H,18,19)/t13-/m0/s1. The highest BCUT2D eigenvalue weighted by Gasteiger charge is 2.30. The number of aromatic nitrogens is 4. The van der Waals surface area contributed by atoms with Gasteiger partial charge < -0.3 is 14.3 Å². The second-order valence-electron chi connectivity index (χ2n) is 6.29. The molecular formula is C17H19N5O. The molecule has 1 aliphatic rings. The van der Waals surface area contributed by atoms with Crippen molar-refractivity contribution in [3.63, 3.8) is 0 Å². The molecule has 6 heteroatoms. The van der Waals surface area contributed by atoms with E-state index in [0.717, 1.165) is 35.7 Å². The number of H-pyrrole nitrogens is 1. The fourth-order valence-corrected chi connectivity index (χ4v) is 3.18. The number of carbonyl (C=O) groups excluding carboxylic acids is 1. The Morgan fingerprint density at radius 2 is 2.17 bits per heavy atom. The van der Waals surface area contributed by atoms with E-state index in [2.05, 4.69) is 15.0 Å². The van der Waals surface area contributed by atoms with E-state index in [4.69, 9.17) is 0 Å². The van der Waals surface area contributed by atoms with Gasteiger partial charge in [0, 0.05) is 43.3 Å². The molecule has 0 spiro atoms. The van der Waals surface area contributed by atoms with E-state index in [0.29, 0.717) is 12.2 Å². The van der Waals surface area contributed by atoms with Gasteiger partial charge in [0.15, 0.2) is 0 Å². The topological polar surface area (TPSA) is 66.3 Å². The van der Waals surface area contributed by atoms with Crippen molar-refractivity contribution in [3.05, 3.63) is 53.5 Å². The lowest BCUT2D eigenvalue weighted by molar-refractivity contribution is 0.0785. The summed E-state index contributed by atoms with van der Waals surface area (Å²) in [5, 5.41) is 0. The van der Waals surface area contributed by atoms with E-state index < -0.39 is 0 Å². The van der Waals surface area contributed by atoms with Crippen LogP contribution in [0.15, 0.2) is 30.7 Å². The zero-order valence-electron chi connectivity index (χ0n) is 13.3. The van der Waals surface area contributed by atoms with Gasteiger partial charge in [0.2, 0.25) is 0 Å². The minimum absolute atomic E-state index is 0.00266. The third-order valence-corrected chi connectivity index (χ3v) is 4.40. The number of nitrogens with one attached hydrogen (secondary N) is 1. The van der Waals surface area contributed by atoms with Gasteiger partial charge in [-0.25, -0.2) is 9.97 Å². The number of carbonyl (C=O) groups is 1. The third kappa shape index (κ3) is 2.50. The van der Waals surface area contributed by atoms with Crippen LogP contribution in [0.3, 0.4) is 0 Å². The zero-order chi connectivity index (χ0) is 16.0. The molecule has 6 nitrogen and oxygen atoms in total. The zero-order valence-corrected chi connectivity index (χ0v) is 13.3. The fraction of sp³-hybridized carbons (Fsp3) is 0.353. The van der Waals surface area contributed by atoms with Gasteiger partial charge in [-0.15, -0.1) is 0 Å². The number of hydrogen-bond donors (Lipinski definition) is 1. The molecule has 1 aliphatic heterocycles. The van der Waals surface area contributed by atoms with Crippen molar-refractivity contribution < 1.29 is 4.79 Å². The Bertz CT molecular complexity index is 878. The van der Waals surface area contributed by atoms with Crippen LogP contribution in [0.25, 0.3) is 5.65 Å². The van der Waals surface area contributed by atoms with E-state index in [1.165, 1.54) is 0 Å². The molecule has 1 saturated heterocycles. The van der Waals surface area contributed by atoms with Crippen LogP contribution in [-0.2, 0) is 0 Å². The van der Waals surface area contributed by atoms with Gasteiger partial charge in [-0.05, 0) is 31.9 Å². The van der Waals surface area contributed by atoms with Crippen molar-refractivity contribution in [2.24, 2.45) is 0 Å². The number of fused-ring (bicyclic) bond motifs is 1. The summed E-state index contributed by atoms with van der Waals surface area (Å²) < 4.78 is 1.91. The highest BCUT2D eigenvalue weighted by molar-refractivity contribution is 5.93. The average Bonchev–Trinajstić information content (AvgIpc) is 3.23. The molecule has 1 fully saturated rings. The smallest absolute Gasteiger partial charge is 0.274 e. The molecule has 0 unspecified atom stereocenters. The van der Waals surface area contributed by atoms with Crippen LogP contribution in [0, 0.1) is 13.8 Å². The van der Waals surface area contributed by atoms with E-state index >= 15 is 0 Å². The van der Waals surface area contributed by atoms with Crippen molar-refractivity contribution in [1.29, 1.82) is 0 Å². The van der Waals surface area contributed by atoms with Gasteiger partial charge in [-0.1, -0.05) is 6.07 Å². The average molecular weight is 309 g/mol. The van der Waals surface area contributed by atoms with Crippen molar-refractivity contribution in [2.45, 2.75) is 26.2 Å². The lowest BCUT2D eigenvalue weighted by atomic mass is 10.1. The first-order valence-corrected chi connectivity index (χ1v) is 7.86. The van der Waals surface area contributed by atoms with Crippen molar-refractivity contribution >= 4 is 11.6 Å². The minimum Gasteiger partial charge on any atom is -0.346 e. The Morgan fingerprint density at radius 3 is 2.96 bits per heavy atom. The molecule has 3 aromatic heterocycles. The monoisotopic (exact) mass is 309 g/mol. The molecule has 3 aromatic rings. The first-order valence-electron chi connectivity index (χ1n) is 7.86. The number of amides is 1. The van der Waals surface area contributed by atoms with Crippen LogP contribution in [0.2, 0.25) is 0 Å². The Balaban J connectivity index is 1.54. The fourth-order valence-electron chi connectivity index (χ4n) is 3.18. The molecule has 23 heavy (non-hydrogen) atoms. The number of pyridine rings is 1. The summed E-state index contributed by atoms with van der Waals surface area (Å²) in [4.78, 5) is 26.7. The van der Waals surface area contributed by atoms with Gasteiger partial charge >= 0.3 is 0 Å². The second-order valence-corrected chi connectivity index (χ2v) is 6.29. The Hall–Kier alpha value is -2.63. The number of imidazole rings is 2. The Kier molecular flexibility index (Phi) is 3.18. The van der Waals surface area contributed by atoms with Gasteiger partial charge in [0.25, 0.3) is 5.91 Å². The summed E-state index contributed by atoms with van der Waals surface area (Å²) in [6, 6.07) is 3.94. The molecular weight excluding hydrogens is 290 g/mol. The summed E-state index contributed by atoms with van der Waals surface area (Å²) in [5.41, 5.74) is 3.51. The van der Waals surface area contributed by atoms with Gasteiger partial charge in [0.1, 0.15) is 17.2 Å². The maximum atomic E-state index is 12.7. The van der Waals surface area contributed by atoms with Crippen LogP contribution in [0.4, 0.5) is 0 Å². The SMILES string of the molecule is Cc1ccc2nc(C(=O)N3CC[C@H](c4ncc(C)[nH]4)C3)cn2c1. The molecule has 0 saturated carbocycles. The number of rotatable bonds is 2. The predicted octanol–water partition coefficient (Wildman–Crippen LogP) is 2.30. The summed E-state index contributed by atoms with van der Waals surface area (Å²) in [7, 11) is 0. The Morgan fingerprint density at radius 1 is 1.30 bits per heavy atom. The first kappa shape index (κ1) is 14.0. The van der Waals surface area contributed by atoms with Crippen LogP contribution < -0.4 is 0 Å². The number of nitrogens with zero attached hydrogens (tertiary/aromatic N) is 4. The molecule has 0 bridgehead atoms. The number of hydrogen-bond acceptors (Lipinski definition) is 3. The van der Waals surface area contributed by atoms with Crippen LogP contribution in [0.1, 0.15) is 39.9 Å². The molecule has 1 N–H and O–H groups in total. The quantitative estimate of drug-likeness (QED) is 0.790. The summed E-state index contributed by atoms with van der Waals surface area (Å²) >= 11 is 0. The van der Waals surface area contributed by atoms with E-state index in [1.807, 2.05) is 53.9 Å². The van der Waals surface area contributed by atoms with Crippen molar-refractivity contribution in [1.82, 2.24) is 24.3 Å². The van der Waals surface area contributed by atoms with E-state index in [-0.39, 0.29) is 11.8 Å². The van der Waals surface area contributed by atoms with E-state index in [1.54, 1.807) is 0 Å². The van der Waals surface area contributed by atoms with Crippen LogP contribution >= 0.6 is 0 Å². The molecule has 0 radical (unpaired) electrons. The summed E-state index contributed by atoms with van der Waals surface area (Å²) in [6.07, 6.45) is 6.57. The molecule has 1 amide bonds. The molecule has 118 valence electrons. The number of aromatic amines is 1. The number of likely N-dealkylation sites (tertiary alicyclic amines) is 1.